The van der Waals surface area contributed by atoms with Crippen LogP contribution in [0, 0.1) is 11.6 Å². The fourth-order valence-corrected chi connectivity index (χ4v) is 5.08. The molecule has 206 valence electrons. The fraction of sp³-hybridized carbons (Fsp3) is 0.231. The molecule has 0 bridgehead atoms. The van der Waals surface area contributed by atoms with Crippen molar-refractivity contribution in [2.24, 2.45) is 0 Å². The van der Waals surface area contributed by atoms with Crippen LogP contribution in [-0.4, -0.2) is 39.2 Å². The number of nitrogens with one attached hydrogen (secondary N) is 2. The van der Waals surface area contributed by atoms with Crippen LogP contribution in [0.5, 0.6) is 0 Å². The number of sulfone groups is 1. The average Bonchev–Trinajstić information content (AvgIpc) is 3.19. The minimum absolute atomic E-state index is 0.0373. The average molecular weight is 568 g/mol. The molecule has 0 aliphatic carbocycles. The number of nitrogens with zero attached hydrogens (tertiary/aromatic N) is 1. The topological polar surface area (TPSA) is 95.6 Å². The van der Waals surface area contributed by atoms with Gasteiger partial charge >= 0.3 is 12.2 Å². The largest absolute Gasteiger partial charge is 0.416 e. The van der Waals surface area contributed by atoms with Crippen molar-refractivity contribution in [3.63, 3.8) is 0 Å². The lowest BCUT2D eigenvalue weighted by atomic mass is 9.99. The molecule has 7 nitrogen and oxygen atoms in total. The molecule has 1 aliphatic rings. The van der Waals surface area contributed by atoms with Gasteiger partial charge in [-0.15, -0.1) is 0 Å². The smallest absolute Gasteiger partial charge is 0.326 e. The molecule has 0 radical (unpaired) electrons. The van der Waals surface area contributed by atoms with Crippen LogP contribution in [0.2, 0.25) is 0 Å². The number of halogens is 5. The van der Waals surface area contributed by atoms with Crippen molar-refractivity contribution in [2.75, 3.05) is 23.0 Å². The van der Waals surface area contributed by atoms with Gasteiger partial charge in [0.05, 0.1) is 17.0 Å². The molecule has 1 atom stereocenters. The Morgan fingerprint density at radius 2 is 1.64 bits per heavy atom. The van der Waals surface area contributed by atoms with Crippen LogP contribution < -0.4 is 15.5 Å². The lowest BCUT2D eigenvalue weighted by molar-refractivity contribution is -0.137. The molecule has 4 rings (SSSR count). The highest BCUT2D eigenvalue weighted by atomic mass is 32.2. The lowest BCUT2D eigenvalue weighted by Gasteiger charge is -2.20. The number of hydrogen-bond acceptors (Lipinski definition) is 4. The molecular formula is C26H22F5N3O4S. The minimum atomic E-state index is -4.53. The van der Waals surface area contributed by atoms with Crippen molar-refractivity contribution in [1.82, 2.24) is 5.32 Å². The Bertz CT molecular complexity index is 1530. The third-order valence-corrected chi connectivity index (χ3v) is 6.89. The number of rotatable bonds is 6. The van der Waals surface area contributed by atoms with E-state index in [0.29, 0.717) is 0 Å². The number of carbonyl (C=O) groups excluding carboxylic acids is 2. The number of carbonyl (C=O) groups is 2. The maximum absolute atomic E-state index is 15.2. The minimum Gasteiger partial charge on any atom is -0.326 e. The third kappa shape index (κ3) is 6.36. The van der Waals surface area contributed by atoms with E-state index < -0.39 is 51.2 Å². The standard InChI is InChI=1S/C26H22F5N3O4S/c1-39(37,38)14-15-4-2-3-5-18(15)19-10-11-21(23(28)22(19)27)34-13-12-20(24(34)35)33-25(36)32-17-8-6-16(7-9-17)26(29,30)31/h2-11,20H,12-14H2,1H3,(H2,32,33,36)/t20-/m1/s1. The van der Waals surface area contributed by atoms with Gasteiger partial charge in [0.15, 0.2) is 21.5 Å². The van der Waals surface area contributed by atoms with E-state index >= 15 is 8.78 Å². The molecule has 0 spiro atoms. The van der Waals surface area contributed by atoms with Gasteiger partial charge in [0, 0.05) is 24.1 Å². The monoisotopic (exact) mass is 567 g/mol. The predicted molar refractivity (Wildman–Crippen MR) is 135 cm³/mol. The first-order valence-corrected chi connectivity index (χ1v) is 13.6. The fourth-order valence-electron chi connectivity index (χ4n) is 4.27. The normalized spacial score (nSPS) is 15.9. The van der Waals surface area contributed by atoms with Crippen molar-refractivity contribution in [3.05, 3.63) is 83.4 Å². The van der Waals surface area contributed by atoms with Crippen LogP contribution in [0.4, 0.5) is 38.1 Å². The number of hydrogen-bond donors (Lipinski definition) is 2. The second-order valence-electron chi connectivity index (χ2n) is 8.99. The van der Waals surface area contributed by atoms with Crippen molar-refractivity contribution < 1.29 is 40.0 Å². The maximum Gasteiger partial charge on any atom is 0.416 e. The Kier molecular flexibility index (Phi) is 7.64. The molecule has 0 unspecified atom stereocenters. The highest BCUT2D eigenvalue weighted by Gasteiger charge is 2.36. The summed E-state index contributed by atoms with van der Waals surface area (Å²) in [4.78, 5) is 26.2. The number of benzene rings is 3. The molecule has 13 heteroatoms. The van der Waals surface area contributed by atoms with E-state index in [1.807, 2.05) is 0 Å². The van der Waals surface area contributed by atoms with Gasteiger partial charge in [-0.25, -0.2) is 22.0 Å². The second-order valence-corrected chi connectivity index (χ2v) is 11.1. The van der Waals surface area contributed by atoms with E-state index in [0.717, 1.165) is 35.4 Å². The molecule has 39 heavy (non-hydrogen) atoms. The highest BCUT2D eigenvalue weighted by Crippen LogP contribution is 2.34. The third-order valence-electron chi connectivity index (χ3n) is 6.06. The van der Waals surface area contributed by atoms with Crippen LogP contribution in [-0.2, 0) is 26.6 Å². The summed E-state index contributed by atoms with van der Waals surface area (Å²) >= 11 is 0. The first kappa shape index (κ1) is 28.0. The van der Waals surface area contributed by atoms with E-state index in [1.165, 1.54) is 24.3 Å². The summed E-state index contributed by atoms with van der Waals surface area (Å²) in [6.07, 6.45) is -3.44. The van der Waals surface area contributed by atoms with Crippen LogP contribution in [0.15, 0.2) is 60.7 Å². The summed E-state index contributed by atoms with van der Waals surface area (Å²) in [5.41, 5.74) is -0.886. The highest BCUT2D eigenvalue weighted by molar-refractivity contribution is 7.89. The Morgan fingerprint density at radius 1 is 0.974 bits per heavy atom. The zero-order valence-corrected chi connectivity index (χ0v) is 21.2. The van der Waals surface area contributed by atoms with E-state index in [2.05, 4.69) is 10.6 Å². The van der Waals surface area contributed by atoms with Crippen molar-refractivity contribution in [1.29, 1.82) is 0 Å². The van der Waals surface area contributed by atoms with Gasteiger partial charge in [0.25, 0.3) is 0 Å². The van der Waals surface area contributed by atoms with Gasteiger partial charge in [-0.2, -0.15) is 13.2 Å². The van der Waals surface area contributed by atoms with Gasteiger partial charge < -0.3 is 15.5 Å². The van der Waals surface area contributed by atoms with Gasteiger partial charge in [0.2, 0.25) is 5.91 Å². The first-order valence-electron chi connectivity index (χ1n) is 11.5. The Hall–Kier alpha value is -4.00. The second kappa shape index (κ2) is 10.6. The quantitative estimate of drug-likeness (QED) is 0.404. The zero-order chi connectivity index (χ0) is 28.5. The lowest BCUT2D eigenvalue weighted by Crippen LogP contribution is -2.43. The summed E-state index contributed by atoms with van der Waals surface area (Å²) in [7, 11) is -3.46. The first-order chi connectivity index (χ1) is 18.2. The predicted octanol–water partition coefficient (Wildman–Crippen LogP) is 5.12. The van der Waals surface area contributed by atoms with E-state index in [4.69, 9.17) is 0 Å². The summed E-state index contributed by atoms with van der Waals surface area (Å²) in [6, 6.07) is 10.3. The van der Waals surface area contributed by atoms with E-state index in [-0.39, 0.29) is 46.8 Å². The van der Waals surface area contributed by atoms with Gasteiger partial charge in [-0.1, -0.05) is 24.3 Å². The van der Waals surface area contributed by atoms with Gasteiger partial charge in [-0.3, -0.25) is 4.79 Å². The van der Waals surface area contributed by atoms with Gasteiger partial charge in [-0.05, 0) is 53.9 Å². The zero-order valence-electron chi connectivity index (χ0n) is 20.4. The van der Waals surface area contributed by atoms with Crippen LogP contribution in [0.3, 0.4) is 0 Å². The van der Waals surface area contributed by atoms with Gasteiger partial charge in [0.1, 0.15) is 6.04 Å². The molecule has 1 heterocycles. The van der Waals surface area contributed by atoms with E-state index in [1.54, 1.807) is 12.1 Å². The van der Waals surface area contributed by atoms with Crippen LogP contribution in [0.25, 0.3) is 11.1 Å². The van der Waals surface area contributed by atoms with Crippen LogP contribution in [0.1, 0.15) is 17.5 Å². The molecule has 0 aromatic heterocycles. The van der Waals surface area contributed by atoms with Crippen molar-refractivity contribution in [3.8, 4) is 11.1 Å². The Balaban J connectivity index is 1.48. The van der Waals surface area contributed by atoms with Crippen molar-refractivity contribution in [2.45, 2.75) is 24.4 Å². The van der Waals surface area contributed by atoms with E-state index in [9.17, 15) is 31.2 Å². The summed E-state index contributed by atoms with van der Waals surface area (Å²) in [5.74, 6) is -3.66. The molecule has 3 amide bonds. The number of amides is 3. The Labute approximate surface area is 220 Å². The number of alkyl halides is 3. The maximum atomic E-state index is 15.2. The molecular weight excluding hydrogens is 545 g/mol. The molecule has 0 saturated carbocycles. The molecule has 3 aromatic rings. The summed E-state index contributed by atoms with van der Waals surface area (Å²) in [5, 5.41) is 4.71. The SMILES string of the molecule is CS(=O)(=O)Cc1ccccc1-c1ccc(N2CC[C@@H](NC(=O)Nc3ccc(C(F)(F)F)cc3)C2=O)c(F)c1F. The molecule has 1 saturated heterocycles. The summed E-state index contributed by atoms with van der Waals surface area (Å²) < 4.78 is 92.0. The molecule has 1 aliphatic heterocycles. The summed E-state index contributed by atoms with van der Waals surface area (Å²) in [6.45, 7) is -0.0373. The number of anilines is 2. The molecule has 2 N–H and O–H groups in total. The van der Waals surface area contributed by atoms with Crippen LogP contribution >= 0.6 is 0 Å². The number of urea groups is 1. The molecule has 3 aromatic carbocycles. The van der Waals surface area contributed by atoms with Crippen molar-refractivity contribution >= 4 is 33.2 Å². The Morgan fingerprint density at radius 3 is 2.28 bits per heavy atom. The molecule has 1 fully saturated rings.